The van der Waals surface area contributed by atoms with Gasteiger partial charge in [-0.3, -0.25) is 0 Å². The van der Waals surface area contributed by atoms with Gasteiger partial charge in [0.25, 0.3) is 0 Å². The molecular formula is C12H13N3S. The molecule has 4 heteroatoms. The van der Waals surface area contributed by atoms with Crippen molar-refractivity contribution in [3.05, 3.63) is 39.8 Å². The highest BCUT2D eigenvalue weighted by molar-refractivity contribution is 7.10. The third-order valence-electron chi connectivity index (χ3n) is 3.12. The van der Waals surface area contributed by atoms with E-state index in [0.29, 0.717) is 11.9 Å². The van der Waals surface area contributed by atoms with Crippen LogP contribution in [0.4, 0.5) is 5.95 Å². The average molecular weight is 231 g/mol. The molecule has 1 atom stereocenters. The highest BCUT2D eigenvalue weighted by Gasteiger charge is 2.22. The van der Waals surface area contributed by atoms with Gasteiger partial charge in [0, 0.05) is 16.8 Å². The highest BCUT2D eigenvalue weighted by Crippen LogP contribution is 2.33. The molecule has 0 amide bonds. The first kappa shape index (κ1) is 9.78. The van der Waals surface area contributed by atoms with Crippen molar-refractivity contribution in [2.75, 3.05) is 5.73 Å². The third-order valence-corrected chi connectivity index (χ3v) is 4.16. The van der Waals surface area contributed by atoms with Crippen LogP contribution in [0.25, 0.3) is 0 Å². The summed E-state index contributed by atoms with van der Waals surface area (Å²) in [7, 11) is 0. The lowest BCUT2D eigenvalue weighted by molar-refractivity contribution is 0.579. The number of thiophene rings is 1. The zero-order chi connectivity index (χ0) is 11.0. The molecule has 2 N–H and O–H groups in total. The molecule has 2 heterocycles. The van der Waals surface area contributed by atoms with Crippen LogP contribution >= 0.6 is 11.3 Å². The van der Waals surface area contributed by atoms with Crippen molar-refractivity contribution in [1.29, 1.82) is 0 Å². The fraction of sp³-hybridized carbons (Fsp3) is 0.333. The van der Waals surface area contributed by atoms with Crippen molar-refractivity contribution in [3.8, 4) is 0 Å². The van der Waals surface area contributed by atoms with E-state index < -0.39 is 0 Å². The van der Waals surface area contributed by atoms with Gasteiger partial charge in [0.2, 0.25) is 5.95 Å². The number of nitrogens with two attached hydrogens (primary N) is 1. The predicted octanol–water partition coefficient (Wildman–Crippen LogP) is 2.39. The van der Waals surface area contributed by atoms with E-state index in [1.165, 1.54) is 16.9 Å². The Hall–Kier alpha value is -1.42. The molecule has 1 unspecified atom stereocenters. The number of hydrogen-bond donors (Lipinski definition) is 1. The Labute approximate surface area is 98.4 Å². The Bertz CT molecular complexity index is 493. The number of hydrogen-bond acceptors (Lipinski definition) is 4. The number of fused-ring (bicyclic) bond motifs is 1. The minimum atomic E-state index is 0.394. The molecule has 0 bridgehead atoms. The molecule has 3 rings (SSSR count). The zero-order valence-electron chi connectivity index (χ0n) is 8.89. The van der Waals surface area contributed by atoms with E-state index in [4.69, 9.17) is 5.73 Å². The lowest BCUT2D eigenvalue weighted by Gasteiger charge is -2.22. The molecule has 0 fully saturated rings. The van der Waals surface area contributed by atoms with E-state index in [0.717, 1.165) is 18.5 Å². The first-order chi connectivity index (χ1) is 7.83. The van der Waals surface area contributed by atoms with Crippen LogP contribution in [0.5, 0.6) is 0 Å². The standard InChI is InChI=1S/C12H13N3S/c13-12-14-7-9-4-3-8(6-10(9)15-12)11-2-1-5-16-11/h1-2,5,7-8H,3-4,6H2,(H2,13,14,15). The minimum absolute atomic E-state index is 0.394. The van der Waals surface area contributed by atoms with Crippen molar-refractivity contribution >= 4 is 17.3 Å². The first-order valence-electron chi connectivity index (χ1n) is 5.46. The molecular weight excluding hydrogens is 218 g/mol. The first-order valence-corrected chi connectivity index (χ1v) is 6.34. The van der Waals surface area contributed by atoms with Crippen LogP contribution in [0.1, 0.15) is 28.5 Å². The molecule has 1 aliphatic carbocycles. The second-order valence-electron chi connectivity index (χ2n) is 4.16. The van der Waals surface area contributed by atoms with Crippen molar-refractivity contribution in [2.45, 2.75) is 25.2 Å². The van der Waals surface area contributed by atoms with Gasteiger partial charge >= 0.3 is 0 Å². The Morgan fingerprint density at radius 1 is 1.44 bits per heavy atom. The van der Waals surface area contributed by atoms with Gasteiger partial charge in [-0.2, -0.15) is 0 Å². The number of anilines is 1. The molecule has 2 aromatic heterocycles. The molecule has 82 valence electrons. The number of rotatable bonds is 1. The van der Waals surface area contributed by atoms with Crippen LogP contribution in [0.3, 0.4) is 0 Å². The molecule has 0 aromatic carbocycles. The topological polar surface area (TPSA) is 51.8 Å². The van der Waals surface area contributed by atoms with E-state index in [1.807, 2.05) is 17.5 Å². The fourth-order valence-corrected chi connectivity index (χ4v) is 3.14. The minimum Gasteiger partial charge on any atom is -0.368 e. The van der Waals surface area contributed by atoms with E-state index in [1.54, 1.807) is 0 Å². The molecule has 1 aliphatic rings. The Morgan fingerprint density at radius 2 is 2.38 bits per heavy atom. The van der Waals surface area contributed by atoms with Crippen LogP contribution in [0.15, 0.2) is 23.7 Å². The summed E-state index contributed by atoms with van der Waals surface area (Å²) in [6.07, 6.45) is 5.14. The second kappa shape index (κ2) is 3.87. The predicted molar refractivity (Wildman–Crippen MR) is 65.5 cm³/mol. The fourth-order valence-electron chi connectivity index (χ4n) is 2.27. The normalized spacial score (nSPS) is 19.4. The van der Waals surface area contributed by atoms with Gasteiger partial charge < -0.3 is 5.73 Å². The van der Waals surface area contributed by atoms with E-state index >= 15 is 0 Å². The van der Waals surface area contributed by atoms with Gasteiger partial charge in [0.1, 0.15) is 0 Å². The Morgan fingerprint density at radius 3 is 3.19 bits per heavy atom. The maximum atomic E-state index is 5.63. The lowest BCUT2D eigenvalue weighted by atomic mass is 9.87. The van der Waals surface area contributed by atoms with Gasteiger partial charge in [-0.25, -0.2) is 9.97 Å². The van der Waals surface area contributed by atoms with Crippen molar-refractivity contribution in [1.82, 2.24) is 9.97 Å². The smallest absolute Gasteiger partial charge is 0.220 e. The van der Waals surface area contributed by atoms with E-state index in [2.05, 4.69) is 27.5 Å². The summed E-state index contributed by atoms with van der Waals surface area (Å²) in [5.74, 6) is 1.01. The average Bonchev–Trinajstić information content (AvgIpc) is 2.81. The van der Waals surface area contributed by atoms with Crippen molar-refractivity contribution in [3.63, 3.8) is 0 Å². The lowest BCUT2D eigenvalue weighted by Crippen LogP contribution is -2.15. The molecule has 0 radical (unpaired) electrons. The van der Waals surface area contributed by atoms with Crippen molar-refractivity contribution in [2.24, 2.45) is 0 Å². The number of nitrogens with zero attached hydrogens (tertiary/aromatic N) is 2. The second-order valence-corrected chi connectivity index (χ2v) is 5.13. The summed E-state index contributed by atoms with van der Waals surface area (Å²) in [5.41, 5.74) is 8.03. The largest absolute Gasteiger partial charge is 0.368 e. The molecule has 0 spiro atoms. The Kier molecular flexibility index (Phi) is 2.36. The monoisotopic (exact) mass is 231 g/mol. The summed E-state index contributed by atoms with van der Waals surface area (Å²) in [5, 5.41) is 2.14. The van der Waals surface area contributed by atoms with Gasteiger partial charge in [-0.05, 0) is 42.2 Å². The quantitative estimate of drug-likeness (QED) is 0.820. The summed E-state index contributed by atoms with van der Waals surface area (Å²) in [4.78, 5) is 9.86. The zero-order valence-corrected chi connectivity index (χ0v) is 9.70. The maximum Gasteiger partial charge on any atom is 0.220 e. The summed E-state index contributed by atoms with van der Waals surface area (Å²) in [6, 6.07) is 4.33. The molecule has 3 nitrogen and oxygen atoms in total. The van der Waals surface area contributed by atoms with Crippen LogP contribution < -0.4 is 5.73 Å². The van der Waals surface area contributed by atoms with Gasteiger partial charge in [-0.1, -0.05) is 6.07 Å². The molecule has 16 heavy (non-hydrogen) atoms. The molecule has 0 saturated carbocycles. The van der Waals surface area contributed by atoms with Crippen LogP contribution in [0, 0.1) is 0 Å². The molecule has 0 saturated heterocycles. The number of aryl methyl sites for hydroxylation is 1. The van der Waals surface area contributed by atoms with Crippen LogP contribution in [-0.4, -0.2) is 9.97 Å². The number of aromatic nitrogens is 2. The highest BCUT2D eigenvalue weighted by atomic mass is 32.1. The van der Waals surface area contributed by atoms with E-state index in [9.17, 15) is 0 Å². The summed E-state index contributed by atoms with van der Waals surface area (Å²) >= 11 is 1.83. The molecule has 0 aliphatic heterocycles. The van der Waals surface area contributed by atoms with Gasteiger partial charge in [-0.15, -0.1) is 11.3 Å². The van der Waals surface area contributed by atoms with Crippen LogP contribution in [-0.2, 0) is 12.8 Å². The summed E-state index contributed by atoms with van der Waals surface area (Å²) < 4.78 is 0. The maximum absolute atomic E-state index is 5.63. The van der Waals surface area contributed by atoms with Crippen LogP contribution in [0.2, 0.25) is 0 Å². The number of nitrogen functional groups attached to an aromatic ring is 1. The SMILES string of the molecule is Nc1ncc2c(n1)CC(c1cccs1)CC2. The van der Waals surface area contributed by atoms with Gasteiger partial charge in [0.15, 0.2) is 0 Å². The third kappa shape index (κ3) is 1.69. The Balaban J connectivity index is 1.91. The molecule has 2 aromatic rings. The van der Waals surface area contributed by atoms with E-state index in [-0.39, 0.29) is 0 Å². The van der Waals surface area contributed by atoms with Gasteiger partial charge in [0.05, 0.1) is 0 Å². The summed E-state index contributed by atoms with van der Waals surface area (Å²) in [6.45, 7) is 0. The van der Waals surface area contributed by atoms with Crippen molar-refractivity contribution < 1.29 is 0 Å².